The zero-order chi connectivity index (χ0) is 11.0. The minimum atomic E-state index is 0.189. The van der Waals surface area contributed by atoms with Crippen LogP contribution in [0.3, 0.4) is 0 Å². The van der Waals surface area contributed by atoms with Gasteiger partial charge in [-0.3, -0.25) is 4.79 Å². The van der Waals surface area contributed by atoms with Gasteiger partial charge in [0.1, 0.15) is 0 Å². The van der Waals surface area contributed by atoms with Crippen molar-refractivity contribution < 1.29 is 4.79 Å². The molecule has 0 aliphatic heterocycles. The van der Waals surface area contributed by atoms with E-state index in [1.165, 1.54) is 11.1 Å². The van der Waals surface area contributed by atoms with E-state index in [-0.39, 0.29) is 5.78 Å². The second kappa shape index (κ2) is 7.54. The topological polar surface area (TPSA) is 17.1 Å². The molecule has 14 heavy (non-hydrogen) atoms. The summed E-state index contributed by atoms with van der Waals surface area (Å²) in [6, 6.07) is 0. The van der Waals surface area contributed by atoms with E-state index in [1.807, 2.05) is 13.8 Å². The molecule has 1 aliphatic rings. The highest BCUT2D eigenvalue weighted by Crippen LogP contribution is 2.27. The summed E-state index contributed by atoms with van der Waals surface area (Å²) in [6.45, 7) is 7.72. The van der Waals surface area contributed by atoms with Gasteiger partial charge in [-0.2, -0.15) is 0 Å². The molecule has 0 aromatic heterocycles. The van der Waals surface area contributed by atoms with Crippen LogP contribution >= 0.6 is 0 Å². The SMILES string of the molecule is CC.CC=C1CCC(=CC(C)=O)CC1. The van der Waals surface area contributed by atoms with Crippen LogP contribution in [0.15, 0.2) is 23.3 Å². The molecule has 80 valence electrons. The fourth-order valence-corrected chi connectivity index (χ4v) is 1.61. The van der Waals surface area contributed by atoms with Crippen molar-refractivity contribution in [1.29, 1.82) is 0 Å². The third-order valence-corrected chi connectivity index (χ3v) is 2.35. The number of hydrogen-bond acceptors (Lipinski definition) is 1. The second-order valence-corrected chi connectivity index (χ2v) is 3.36. The van der Waals surface area contributed by atoms with Gasteiger partial charge in [-0.15, -0.1) is 0 Å². The van der Waals surface area contributed by atoms with Gasteiger partial charge < -0.3 is 0 Å². The van der Waals surface area contributed by atoms with Gasteiger partial charge in [0.05, 0.1) is 0 Å². The third-order valence-electron chi connectivity index (χ3n) is 2.35. The highest BCUT2D eigenvalue weighted by Gasteiger charge is 2.09. The van der Waals surface area contributed by atoms with Gasteiger partial charge in [0, 0.05) is 0 Å². The number of ketones is 1. The Morgan fingerprint density at radius 3 is 1.86 bits per heavy atom. The van der Waals surface area contributed by atoms with Gasteiger partial charge in [0.25, 0.3) is 0 Å². The van der Waals surface area contributed by atoms with E-state index in [9.17, 15) is 4.79 Å². The maximum Gasteiger partial charge on any atom is 0.152 e. The largest absolute Gasteiger partial charge is 0.295 e. The number of carbonyl (C=O) groups excluding carboxylic acids is 1. The van der Waals surface area contributed by atoms with E-state index in [4.69, 9.17) is 0 Å². The Labute approximate surface area is 87.9 Å². The number of hydrogen-bond donors (Lipinski definition) is 0. The molecule has 0 spiro atoms. The normalized spacial score (nSPS) is 15.4. The monoisotopic (exact) mass is 194 g/mol. The molecule has 0 amide bonds. The summed E-state index contributed by atoms with van der Waals surface area (Å²) in [6.07, 6.45) is 8.46. The summed E-state index contributed by atoms with van der Waals surface area (Å²) in [7, 11) is 0. The minimum Gasteiger partial charge on any atom is -0.295 e. The molecule has 1 heteroatoms. The van der Waals surface area contributed by atoms with Crippen LogP contribution in [0.4, 0.5) is 0 Å². The van der Waals surface area contributed by atoms with Crippen LogP contribution in [0.2, 0.25) is 0 Å². The predicted octanol–water partition coefficient (Wildman–Crippen LogP) is 4.05. The molecule has 0 aromatic rings. The summed E-state index contributed by atoms with van der Waals surface area (Å²) in [5.41, 5.74) is 2.86. The minimum absolute atomic E-state index is 0.189. The fourth-order valence-electron chi connectivity index (χ4n) is 1.61. The average Bonchev–Trinajstić information content (AvgIpc) is 2.21. The van der Waals surface area contributed by atoms with Crippen LogP contribution in [-0.2, 0) is 4.79 Å². The summed E-state index contributed by atoms with van der Waals surface area (Å²) in [4.78, 5) is 10.8. The quantitative estimate of drug-likeness (QED) is 0.454. The fraction of sp³-hybridized carbons (Fsp3) is 0.615. The van der Waals surface area contributed by atoms with Crippen molar-refractivity contribution in [2.24, 2.45) is 0 Å². The summed E-state index contributed by atoms with van der Waals surface area (Å²) in [5.74, 6) is 0.189. The van der Waals surface area contributed by atoms with Crippen LogP contribution in [0.5, 0.6) is 0 Å². The molecule has 1 rings (SSSR count). The molecule has 0 aromatic carbocycles. The molecule has 0 radical (unpaired) electrons. The lowest BCUT2D eigenvalue weighted by atomic mass is 9.90. The van der Waals surface area contributed by atoms with Crippen LogP contribution < -0.4 is 0 Å². The summed E-state index contributed by atoms with van der Waals surface area (Å²) in [5, 5.41) is 0. The van der Waals surface area contributed by atoms with Crippen molar-refractivity contribution in [3.63, 3.8) is 0 Å². The Bertz CT molecular complexity index is 222. The molecule has 1 aliphatic carbocycles. The summed E-state index contributed by atoms with van der Waals surface area (Å²) >= 11 is 0. The molecule has 0 heterocycles. The van der Waals surface area contributed by atoms with E-state index < -0.39 is 0 Å². The van der Waals surface area contributed by atoms with Crippen molar-refractivity contribution >= 4 is 5.78 Å². The molecule has 0 atom stereocenters. The standard InChI is InChI=1S/C11H16O.C2H6/c1-3-10-4-6-11(7-5-10)8-9(2)12;1-2/h3,8H,4-7H2,1-2H3;1-2H3. The van der Waals surface area contributed by atoms with Crippen LogP contribution in [0, 0.1) is 0 Å². The van der Waals surface area contributed by atoms with E-state index >= 15 is 0 Å². The first kappa shape index (κ1) is 13.2. The highest BCUT2D eigenvalue weighted by molar-refractivity contribution is 5.87. The highest BCUT2D eigenvalue weighted by atomic mass is 16.1. The Morgan fingerprint density at radius 2 is 1.50 bits per heavy atom. The number of carbonyl (C=O) groups is 1. The van der Waals surface area contributed by atoms with Crippen LogP contribution in [0.1, 0.15) is 53.4 Å². The van der Waals surface area contributed by atoms with Crippen molar-refractivity contribution in [3.8, 4) is 0 Å². The van der Waals surface area contributed by atoms with Gasteiger partial charge >= 0.3 is 0 Å². The Balaban J connectivity index is 0.000000791. The predicted molar refractivity (Wildman–Crippen MR) is 62.3 cm³/mol. The molecule has 0 unspecified atom stereocenters. The molecule has 0 N–H and O–H groups in total. The lowest BCUT2D eigenvalue weighted by molar-refractivity contribution is -0.112. The lowest BCUT2D eigenvalue weighted by Crippen LogP contribution is -1.99. The number of rotatable bonds is 1. The zero-order valence-electron chi connectivity index (χ0n) is 9.89. The van der Waals surface area contributed by atoms with Gasteiger partial charge in [-0.25, -0.2) is 0 Å². The molecular formula is C13H22O. The van der Waals surface area contributed by atoms with Gasteiger partial charge in [-0.1, -0.05) is 31.1 Å². The van der Waals surface area contributed by atoms with Crippen LogP contribution in [-0.4, -0.2) is 5.78 Å². The van der Waals surface area contributed by atoms with E-state index in [0.29, 0.717) is 0 Å². The molecule has 1 nitrogen and oxygen atoms in total. The maximum atomic E-state index is 10.8. The lowest BCUT2D eigenvalue weighted by Gasteiger charge is -2.16. The molecule has 1 saturated carbocycles. The van der Waals surface area contributed by atoms with Crippen molar-refractivity contribution in [1.82, 2.24) is 0 Å². The van der Waals surface area contributed by atoms with Gasteiger partial charge in [-0.05, 0) is 45.6 Å². The van der Waals surface area contributed by atoms with Crippen LogP contribution in [0.25, 0.3) is 0 Å². The van der Waals surface area contributed by atoms with E-state index in [0.717, 1.165) is 25.7 Å². The molecular weight excluding hydrogens is 172 g/mol. The second-order valence-electron chi connectivity index (χ2n) is 3.36. The third kappa shape index (κ3) is 5.00. The maximum absolute atomic E-state index is 10.8. The van der Waals surface area contributed by atoms with Crippen molar-refractivity contribution in [2.75, 3.05) is 0 Å². The molecule has 1 fully saturated rings. The average molecular weight is 194 g/mol. The molecule has 0 bridgehead atoms. The Morgan fingerprint density at radius 1 is 1.07 bits per heavy atom. The van der Waals surface area contributed by atoms with Crippen molar-refractivity contribution in [2.45, 2.75) is 53.4 Å². The first-order chi connectivity index (χ1) is 6.72. The zero-order valence-corrected chi connectivity index (χ0v) is 9.89. The Kier molecular flexibility index (Phi) is 7.09. The van der Waals surface area contributed by atoms with Crippen molar-refractivity contribution in [3.05, 3.63) is 23.3 Å². The van der Waals surface area contributed by atoms with E-state index in [1.54, 1.807) is 13.0 Å². The Hall–Kier alpha value is -0.850. The first-order valence-corrected chi connectivity index (χ1v) is 5.56. The number of allylic oxidation sites excluding steroid dienone is 4. The summed E-state index contributed by atoms with van der Waals surface area (Å²) < 4.78 is 0. The smallest absolute Gasteiger partial charge is 0.152 e. The van der Waals surface area contributed by atoms with E-state index in [2.05, 4.69) is 13.0 Å². The van der Waals surface area contributed by atoms with Gasteiger partial charge in [0.15, 0.2) is 5.78 Å². The first-order valence-electron chi connectivity index (χ1n) is 5.56. The molecule has 0 saturated heterocycles. The van der Waals surface area contributed by atoms with Gasteiger partial charge in [0.2, 0.25) is 0 Å².